The van der Waals surface area contributed by atoms with E-state index in [2.05, 4.69) is 15.3 Å². The van der Waals surface area contributed by atoms with Crippen LogP contribution in [0.2, 0.25) is 0 Å². The van der Waals surface area contributed by atoms with E-state index in [9.17, 15) is 9.59 Å². The molecular formula is C13H18N4O3. The van der Waals surface area contributed by atoms with Gasteiger partial charge in [0.15, 0.2) is 0 Å². The van der Waals surface area contributed by atoms with Gasteiger partial charge in [-0.2, -0.15) is 0 Å². The molecule has 2 heterocycles. The molecule has 2 rings (SSSR count). The summed E-state index contributed by atoms with van der Waals surface area (Å²) in [6, 6.07) is 0.0658. The number of carbonyl (C=O) groups excluding carboxylic acids is 2. The summed E-state index contributed by atoms with van der Waals surface area (Å²) in [7, 11) is 1.51. The van der Waals surface area contributed by atoms with Gasteiger partial charge in [-0.15, -0.1) is 0 Å². The first-order valence-electron chi connectivity index (χ1n) is 6.54. The van der Waals surface area contributed by atoms with Crippen molar-refractivity contribution in [3.8, 4) is 0 Å². The molecule has 2 amide bonds. The highest BCUT2D eigenvalue weighted by Gasteiger charge is 2.24. The van der Waals surface area contributed by atoms with Crippen LogP contribution in [-0.4, -0.2) is 59.5 Å². The number of aromatic nitrogens is 2. The SMILES string of the molecule is COCC(=O)N1CCC(NC(=O)c2cnccn2)CC1. The van der Waals surface area contributed by atoms with Gasteiger partial charge in [-0.3, -0.25) is 14.6 Å². The van der Waals surface area contributed by atoms with Gasteiger partial charge in [-0.1, -0.05) is 0 Å². The number of likely N-dealkylation sites (tertiary alicyclic amines) is 1. The van der Waals surface area contributed by atoms with Crippen molar-refractivity contribution >= 4 is 11.8 Å². The van der Waals surface area contributed by atoms with E-state index in [1.54, 1.807) is 4.90 Å². The van der Waals surface area contributed by atoms with E-state index < -0.39 is 0 Å². The van der Waals surface area contributed by atoms with Crippen LogP contribution in [0.15, 0.2) is 18.6 Å². The molecule has 0 radical (unpaired) electrons. The monoisotopic (exact) mass is 278 g/mol. The first kappa shape index (κ1) is 14.4. The molecule has 0 bridgehead atoms. The fourth-order valence-corrected chi connectivity index (χ4v) is 2.16. The lowest BCUT2D eigenvalue weighted by Crippen LogP contribution is -2.47. The molecule has 0 aliphatic carbocycles. The van der Waals surface area contributed by atoms with Crippen LogP contribution in [0.1, 0.15) is 23.3 Å². The maximum atomic E-state index is 11.9. The summed E-state index contributed by atoms with van der Waals surface area (Å²) in [5, 5.41) is 2.92. The Hall–Kier alpha value is -2.02. The normalized spacial score (nSPS) is 15.9. The van der Waals surface area contributed by atoms with Gasteiger partial charge in [-0.05, 0) is 12.8 Å². The van der Waals surface area contributed by atoms with Gasteiger partial charge in [0.2, 0.25) is 5.91 Å². The average Bonchev–Trinajstić information content (AvgIpc) is 2.49. The average molecular weight is 278 g/mol. The summed E-state index contributed by atoms with van der Waals surface area (Å²) in [4.78, 5) is 33.1. The molecule has 1 aromatic rings. The van der Waals surface area contributed by atoms with Crippen LogP contribution < -0.4 is 5.32 Å². The minimum Gasteiger partial charge on any atom is -0.375 e. The smallest absolute Gasteiger partial charge is 0.271 e. The second kappa shape index (κ2) is 6.95. The van der Waals surface area contributed by atoms with Gasteiger partial charge in [0.05, 0.1) is 6.20 Å². The largest absolute Gasteiger partial charge is 0.375 e. The molecule has 1 aliphatic heterocycles. The van der Waals surface area contributed by atoms with Crippen LogP contribution in [0.4, 0.5) is 0 Å². The Labute approximate surface area is 117 Å². The third-order valence-electron chi connectivity index (χ3n) is 3.25. The zero-order chi connectivity index (χ0) is 14.4. The lowest BCUT2D eigenvalue weighted by atomic mass is 10.0. The van der Waals surface area contributed by atoms with E-state index in [0.717, 1.165) is 12.8 Å². The van der Waals surface area contributed by atoms with E-state index in [0.29, 0.717) is 18.8 Å². The van der Waals surface area contributed by atoms with Gasteiger partial charge in [-0.25, -0.2) is 4.98 Å². The Morgan fingerprint density at radius 1 is 1.40 bits per heavy atom. The highest BCUT2D eigenvalue weighted by molar-refractivity contribution is 5.92. The zero-order valence-electron chi connectivity index (χ0n) is 11.4. The molecule has 7 heteroatoms. The van der Waals surface area contributed by atoms with Crippen LogP contribution >= 0.6 is 0 Å². The number of piperidine rings is 1. The molecule has 1 N–H and O–H groups in total. The van der Waals surface area contributed by atoms with Gasteiger partial charge < -0.3 is 15.0 Å². The van der Waals surface area contributed by atoms with Crippen molar-refractivity contribution in [2.24, 2.45) is 0 Å². The van der Waals surface area contributed by atoms with Crippen LogP contribution in [0.3, 0.4) is 0 Å². The molecule has 0 unspecified atom stereocenters. The third kappa shape index (κ3) is 3.74. The molecule has 0 spiro atoms. The number of nitrogens with one attached hydrogen (secondary N) is 1. The van der Waals surface area contributed by atoms with Crippen molar-refractivity contribution in [1.29, 1.82) is 0 Å². The zero-order valence-corrected chi connectivity index (χ0v) is 11.4. The Kier molecular flexibility index (Phi) is 5.00. The Morgan fingerprint density at radius 3 is 2.75 bits per heavy atom. The molecule has 108 valence electrons. The van der Waals surface area contributed by atoms with Crippen LogP contribution in [-0.2, 0) is 9.53 Å². The van der Waals surface area contributed by atoms with Gasteiger partial charge in [0.25, 0.3) is 5.91 Å². The van der Waals surface area contributed by atoms with Gasteiger partial charge in [0, 0.05) is 38.6 Å². The topological polar surface area (TPSA) is 84.4 Å². The molecule has 0 atom stereocenters. The maximum Gasteiger partial charge on any atom is 0.271 e. The van der Waals surface area contributed by atoms with Crippen LogP contribution in [0, 0.1) is 0 Å². The van der Waals surface area contributed by atoms with E-state index in [4.69, 9.17) is 4.74 Å². The predicted molar refractivity (Wildman–Crippen MR) is 71.0 cm³/mol. The van der Waals surface area contributed by atoms with Crippen molar-refractivity contribution < 1.29 is 14.3 Å². The van der Waals surface area contributed by atoms with Gasteiger partial charge in [0.1, 0.15) is 12.3 Å². The number of amides is 2. The number of ether oxygens (including phenoxy) is 1. The summed E-state index contributed by atoms with van der Waals surface area (Å²) in [5.74, 6) is -0.231. The first-order valence-corrected chi connectivity index (χ1v) is 6.54. The minimum absolute atomic E-state index is 0.00815. The van der Waals surface area contributed by atoms with E-state index >= 15 is 0 Å². The fourth-order valence-electron chi connectivity index (χ4n) is 2.16. The molecule has 7 nitrogen and oxygen atoms in total. The predicted octanol–water partition coefficient (Wildman–Crippen LogP) is -0.156. The van der Waals surface area contributed by atoms with Gasteiger partial charge >= 0.3 is 0 Å². The summed E-state index contributed by atoms with van der Waals surface area (Å²) >= 11 is 0. The Morgan fingerprint density at radius 2 is 2.15 bits per heavy atom. The maximum absolute atomic E-state index is 11.9. The van der Waals surface area contributed by atoms with E-state index in [1.165, 1.54) is 25.7 Å². The minimum atomic E-state index is -0.222. The number of carbonyl (C=O) groups is 2. The number of nitrogens with zero attached hydrogens (tertiary/aromatic N) is 3. The summed E-state index contributed by atoms with van der Waals surface area (Å²) in [6.45, 7) is 1.37. The number of hydrogen-bond acceptors (Lipinski definition) is 5. The second-order valence-corrected chi connectivity index (χ2v) is 4.65. The number of hydrogen-bond donors (Lipinski definition) is 1. The van der Waals surface area contributed by atoms with Crippen LogP contribution in [0.25, 0.3) is 0 Å². The summed E-state index contributed by atoms with van der Waals surface area (Å²) in [6.07, 6.45) is 5.92. The lowest BCUT2D eigenvalue weighted by Gasteiger charge is -2.32. The summed E-state index contributed by atoms with van der Waals surface area (Å²) in [5.41, 5.74) is 0.311. The lowest BCUT2D eigenvalue weighted by molar-refractivity contribution is -0.136. The van der Waals surface area contributed by atoms with Crippen LogP contribution in [0.5, 0.6) is 0 Å². The van der Waals surface area contributed by atoms with Crippen molar-refractivity contribution in [3.05, 3.63) is 24.3 Å². The molecule has 0 aromatic carbocycles. The van der Waals surface area contributed by atoms with Crippen molar-refractivity contribution in [3.63, 3.8) is 0 Å². The number of rotatable bonds is 4. The van der Waals surface area contributed by atoms with Crippen molar-refractivity contribution in [1.82, 2.24) is 20.2 Å². The standard InChI is InChI=1S/C13H18N4O3/c1-20-9-12(18)17-6-2-10(3-7-17)16-13(19)11-8-14-4-5-15-11/h4-5,8,10H,2-3,6-7,9H2,1H3,(H,16,19). The van der Waals surface area contributed by atoms with Crippen molar-refractivity contribution in [2.45, 2.75) is 18.9 Å². The molecule has 0 saturated carbocycles. The quantitative estimate of drug-likeness (QED) is 0.827. The van der Waals surface area contributed by atoms with E-state index in [-0.39, 0.29) is 24.5 Å². The highest BCUT2D eigenvalue weighted by atomic mass is 16.5. The molecule has 1 fully saturated rings. The molecule has 1 saturated heterocycles. The fraction of sp³-hybridized carbons (Fsp3) is 0.538. The number of methoxy groups -OCH3 is 1. The third-order valence-corrected chi connectivity index (χ3v) is 3.25. The highest BCUT2D eigenvalue weighted by Crippen LogP contribution is 2.11. The second-order valence-electron chi connectivity index (χ2n) is 4.65. The molecule has 1 aliphatic rings. The molecule has 20 heavy (non-hydrogen) atoms. The molecular weight excluding hydrogens is 260 g/mol. The Bertz CT molecular complexity index is 458. The first-order chi connectivity index (χ1) is 9.70. The Balaban J connectivity index is 1.80. The molecule has 1 aromatic heterocycles. The van der Waals surface area contributed by atoms with E-state index in [1.807, 2.05) is 0 Å². The van der Waals surface area contributed by atoms with Crippen molar-refractivity contribution in [2.75, 3.05) is 26.8 Å². The summed E-state index contributed by atoms with van der Waals surface area (Å²) < 4.78 is 4.83.